The van der Waals surface area contributed by atoms with Gasteiger partial charge in [0.2, 0.25) is 0 Å². The third-order valence-electron chi connectivity index (χ3n) is 7.18. The fourth-order valence-corrected chi connectivity index (χ4v) is 5.30. The van der Waals surface area contributed by atoms with Gasteiger partial charge in [0, 0.05) is 24.1 Å². The zero-order valence-corrected chi connectivity index (χ0v) is 21.4. The van der Waals surface area contributed by atoms with Crippen molar-refractivity contribution in [3.63, 3.8) is 0 Å². The molecule has 1 aliphatic rings. The Morgan fingerprint density at radius 2 is 1.78 bits per heavy atom. The summed E-state index contributed by atoms with van der Waals surface area (Å²) in [6.07, 6.45) is 1.47. The highest BCUT2D eigenvalue weighted by Gasteiger charge is 2.30. The highest BCUT2D eigenvalue weighted by molar-refractivity contribution is 5.89. The first-order valence-corrected chi connectivity index (χ1v) is 12.4. The van der Waals surface area contributed by atoms with E-state index < -0.39 is 5.97 Å². The summed E-state index contributed by atoms with van der Waals surface area (Å²) in [6.45, 7) is 4.89. The minimum absolute atomic E-state index is 0. The SMILES string of the molecule is CCc1ccc([C@@H]2C[C@H](CNC(C)c3cccc4ccccc34)Oc3ccccc32)cc1C(=O)O.Cl. The van der Waals surface area contributed by atoms with Gasteiger partial charge in [-0.05, 0) is 59.4 Å². The Kier molecular flexibility index (Phi) is 7.97. The Hall–Kier alpha value is -3.34. The molecule has 4 aromatic rings. The van der Waals surface area contributed by atoms with Crippen LogP contribution in [0.3, 0.4) is 0 Å². The summed E-state index contributed by atoms with van der Waals surface area (Å²) < 4.78 is 6.40. The van der Waals surface area contributed by atoms with E-state index in [1.807, 2.05) is 37.3 Å². The van der Waals surface area contributed by atoms with Gasteiger partial charge in [-0.25, -0.2) is 4.79 Å². The number of aromatic carboxylic acids is 1. The highest BCUT2D eigenvalue weighted by Crippen LogP contribution is 2.41. The van der Waals surface area contributed by atoms with Crippen LogP contribution in [0.5, 0.6) is 5.75 Å². The number of aryl methyl sites for hydroxylation is 1. The molecule has 0 spiro atoms. The number of rotatable bonds is 7. The number of carboxylic acids is 1. The number of nitrogens with one attached hydrogen (secondary N) is 1. The zero-order chi connectivity index (χ0) is 24.4. The smallest absolute Gasteiger partial charge is 0.335 e. The van der Waals surface area contributed by atoms with Crippen molar-refractivity contribution >= 4 is 29.1 Å². The predicted octanol–water partition coefficient (Wildman–Crippen LogP) is 7.16. The molecule has 5 rings (SSSR count). The van der Waals surface area contributed by atoms with Crippen molar-refractivity contribution in [1.82, 2.24) is 5.32 Å². The van der Waals surface area contributed by atoms with Crippen molar-refractivity contribution in [3.8, 4) is 5.75 Å². The van der Waals surface area contributed by atoms with Crippen molar-refractivity contribution < 1.29 is 14.6 Å². The molecule has 186 valence electrons. The Bertz CT molecular complexity index is 1360. The Balaban J connectivity index is 0.00000304. The fourth-order valence-electron chi connectivity index (χ4n) is 5.30. The van der Waals surface area contributed by atoms with Crippen LogP contribution in [-0.4, -0.2) is 23.7 Å². The van der Waals surface area contributed by atoms with E-state index in [4.69, 9.17) is 4.74 Å². The van der Waals surface area contributed by atoms with Gasteiger partial charge in [0.25, 0.3) is 0 Å². The Labute approximate surface area is 218 Å². The molecular formula is C31H32ClNO3. The second kappa shape index (κ2) is 11.2. The molecule has 4 nitrogen and oxygen atoms in total. The third kappa shape index (κ3) is 5.11. The number of hydrogen-bond acceptors (Lipinski definition) is 3. The number of carboxylic acid groups (broad SMARTS) is 1. The Morgan fingerprint density at radius 1 is 1.03 bits per heavy atom. The summed E-state index contributed by atoms with van der Waals surface area (Å²) in [6, 6.07) is 29.1. The lowest BCUT2D eigenvalue weighted by Gasteiger charge is -2.33. The second-order valence-corrected chi connectivity index (χ2v) is 9.34. The number of halogens is 1. The van der Waals surface area contributed by atoms with E-state index in [9.17, 15) is 9.90 Å². The van der Waals surface area contributed by atoms with Gasteiger partial charge in [-0.3, -0.25) is 0 Å². The van der Waals surface area contributed by atoms with Crippen LogP contribution in [0.15, 0.2) is 84.9 Å². The van der Waals surface area contributed by atoms with Crippen LogP contribution >= 0.6 is 12.4 Å². The Morgan fingerprint density at radius 3 is 2.58 bits per heavy atom. The average Bonchev–Trinajstić information content (AvgIpc) is 2.90. The topological polar surface area (TPSA) is 58.6 Å². The summed E-state index contributed by atoms with van der Waals surface area (Å²) in [5, 5.41) is 16.0. The summed E-state index contributed by atoms with van der Waals surface area (Å²) in [4.78, 5) is 11.9. The lowest BCUT2D eigenvalue weighted by atomic mass is 9.82. The molecule has 4 aromatic carbocycles. The molecule has 1 aliphatic heterocycles. The molecule has 1 heterocycles. The van der Waals surface area contributed by atoms with Crippen molar-refractivity contribution in [2.24, 2.45) is 0 Å². The summed E-state index contributed by atoms with van der Waals surface area (Å²) in [5.41, 5.74) is 4.68. The molecule has 0 aliphatic carbocycles. The highest BCUT2D eigenvalue weighted by atomic mass is 35.5. The van der Waals surface area contributed by atoms with Gasteiger partial charge >= 0.3 is 5.97 Å². The van der Waals surface area contributed by atoms with E-state index in [-0.39, 0.29) is 30.5 Å². The van der Waals surface area contributed by atoms with Crippen LogP contribution < -0.4 is 10.1 Å². The molecule has 3 atom stereocenters. The zero-order valence-electron chi connectivity index (χ0n) is 20.6. The largest absolute Gasteiger partial charge is 0.489 e. The standard InChI is InChI=1S/C31H31NO3.ClH/c1-3-21-15-16-23(17-29(21)31(33)34)28-18-24(35-30-14-7-6-12-27(28)30)19-32-20(2)25-13-8-10-22-9-4-5-11-26(22)25;/h4-17,20,24,28,32H,3,18-19H2,1-2H3,(H,33,34);1H/t20?,24-,28+;/m1./s1. The van der Waals surface area contributed by atoms with Gasteiger partial charge < -0.3 is 15.2 Å². The maximum absolute atomic E-state index is 11.9. The third-order valence-corrected chi connectivity index (χ3v) is 7.18. The van der Waals surface area contributed by atoms with Gasteiger partial charge in [0.05, 0.1) is 5.56 Å². The average molecular weight is 502 g/mol. The van der Waals surface area contributed by atoms with Crippen LogP contribution in [0, 0.1) is 0 Å². The van der Waals surface area contributed by atoms with Gasteiger partial charge in [-0.2, -0.15) is 0 Å². The van der Waals surface area contributed by atoms with Crippen molar-refractivity contribution in [2.75, 3.05) is 6.54 Å². The van der Waals surface area contributed by atoms with E-state index in [2.05, 4.69) is 66.8 Å². The van der Waals surface area contributed by atoms with Gasteiger partial charge in [-0.15, -0.1) is 12.4 Å². The first kappa shape index (κ1) is 25.7. The maximum atomic E-state index is 11.9. The summed E-state index contributed by atoms with van der Waals surface area (Å²) >= 11 is 0. The molecule has 36 heavy (non-hydrogen) atoms. The lowest BCUT2D eigenvalue weighted by Crippen LogP contribution is -2.37. The lowest BCUT2D eigenvalue weighted by molar-refractivity contribution is 0.0695. The van der Waals surface area contributed by atoms with Gasteiger partial charge in [-0.1, -0.05) is 79.7 Å². The van der Waals surface area contributed by atoms with Crippen LogP contribution in [0.2, 0.25) is 0 Å². The van der Waals surface area contributed by atoms with Crippen molar-refractivity contribution in [3.05, 3.63) is 113 Å². The minimum Gasteiger partial charge on any atom is -0.489 e. The monoisotopic (exact) mass is 501 g/mol. The van der Waals surface area contributed by atoms with E-state index in [1.54, 1.807) is 0 Å². The van der Waals surface area contributed by atoms with Gasteiger partial charge in [0.1, 0.15) is 11.9 Å². The van der Waals surface area contributed by atoms with E-state index in [0.29, 0.717) is 18.5 Å². The van der Waals surface area contributed by atoms with E-state index in [1.165, 1.54) is 16.3 Å². The molecule has 0 amide bonds. The second-order valence-electron chi connectivity index (χ2n) is 9.34. The number of benzene rings is 4. The molecule has 2 N–H and O–H groups in total. The molecule has 0 saturated heterocycles. The van der Waals surface area contributed by atoms with Crippen molar-refractivity contribution in [1.29, 1.82) is 0 Å². The van der Waals surface area contributed by atoms with Gasteiger partial charge in [0.15, 0.2) is 0 Å². The number of carbonyl (C=O) groups is 1. The van der Waals surface area contributed by atoms with Crippen LogP contribution in [0.25, 0.3) is 10.8 Å². The van der Waals surface area contributed by atoms with Crippen LogP contribution in [0.1, 0.15) is 64.8 Å². The minimum atomic E-state index is -0.869. The quantitative estimate of drug-likeness (QED) is 0.282. The molecule has 0 saturated carbocycles. The first-order valence-electron chi connectivity index (χ1n) is 12.4. The predicted molar refractivity (Wildman–Crippen MR) is 148 cm³/mol. The molecular weight excluding hydrogens is 470 g/mol. The van der Waals surface area contributed by atoms with Crippen LogP contribution in [0.4, 0.5) is 0 Å². The molecule has 5 heteroatoms. The summed E-state index contributed by atoms with van der Waals surface area (Å²) in [5.74, 6) is 0.0969. The summed E-state index contributed by atoms with van der Waals surface area (Å²) in [7, 11) is 0. The number of hydrogen-bond donors (Lipinski definition) is 2. The maximum Gasteiger partial charge on any atom is 0.335 e. The molecule has 0 fully saturated rings. The van der Waals surface area contributed by atoms with E-state index in [0.717, 1.165) is 28.9 Å². The molecule has 0 radical (unpaired) electrons. The van der Waals surface area contributed by atoms with E-state index >= 15 is 0 Å². The normalized spacial score (nSPS) is 17.5. The number of para-hydroxylation sites is 1. The number of fused-ring (bicyclic) bond motifs is 2. The molecule has 0 aromatic heterocycles. The number of ether oxygens (including phenoxy) is 1. The van der Waals surface area contributed by atoms with Crippen molar-refractivity contribution in [2.45, 2.75) is 44.8 Å². The first-order chi connectivity index (χ1) is 17.0. The molecule has 1 unspecified atom stereocenters. The van der Waals surface area contributed by atoms with Crippen LogP contribution in [-0.2, 0) is 6.42 Å². The fraction of sp³-hybridized carbons (Fsp3) is 0.258. The molecule has 0 bridgehead atoms.